The number of carbonyl (C=O) groups is 1. The van der Waals surface area contributed by atoms with Crippen LogP contribution in [0.4, 0.5) is 23.7 Å². The van der Waals surface area contributed by atoms with Gasteiger partial charge in [0, 0.05) is 18.8 Å². The van der Waals surface area contributed by atoms with E-state index >= 15 is 0 Å². The average molecular weight is 364 g/mol. The van der Waals surface area contributed by atoms with Crippen molar-refractivity contribution in [2.24, 2.45) is 5.92 Å². The van der Waals surface area contributed by atoms with Crippen molar-refractivity contribution in [3.05, 3.63) is 29.8 Å². The molecule has 134 valence electrons. The maximum Gasteiger partial charge on any atom is 0.416 e. The molecular formula is C15H19F3N2O3S. The Morgan fingerprint density at radius 2 is 1.79 bits per heavy atom. The Balaban J connectivity index is 1.89. The van der Waals surface area contributed by atoms with E-state index in [1.807, 2.05) is 13.8 Å². The van der Waals surface area contributed by atoms with E-state index in [1.54, 1.807) is 0 Å². The van der Waals surface area contributed by atoms with E-state index in [9.17, 15) is 26.4 Å². The van der Waals surface area contributed by atoms with Crippen molar-refractivity contribution in [1.82, 2.24) is 4.90 Å². The number of hydrogen-bond acceptors (Lipinski definition) is 3. The number of amides is 2. The fourth-order valence-electron chi connectivity index (χ4n) is 2.38. The SMILES string of the molecule is CC(C)CS(=O)(=O)C1CN(C(=O)Nc2ccc(C(F)(F)F)cc2)C1. The smallest absolute Gasteiger partial charge is 0.322 e. The lowest BCUT2D eigenvalue weighted by atomic mass is 10.2. The second kappa shape index (κ2) is 6.62. The molecule has 5 nitrogen and oxygen atoms in total. The summed E-state index contributed by atoms with van der Waals surface area (Å²) in [7, 11) is -3.23. The molecule has 2 amide bonds. The molecule has 0 aliphatic carbocycles. The number of anilines is 1. The van der Waals surface area contributed by atoms with Crippen LogP contribution in [0.25, 0.3) is 0 Å². The number of carbonyl (C=O) groups excluding carboxylic acids is 1. The summed E-state index contributed by atoms with van der Waals surface area (Å²) in [4.78, 5) is 13.3. The zero-order valence-electron chi connectivity index (χ0n) is 13.3. The monoisotopic (exact) mass is 364 g/mol. The molecular weight excluding hydrogens is 345 g/mol. The van der Waals surface area contributed by atoms with E-state index in [0.717, 1.165) is 24.3 Å². The number of halogens is 3. The minimum Gasteiger partial charge on any atom is -0.322 e. The van der Waals surface area contributed by atoms with Gasteiger partial charge in [-0.2, -0.15) is 13.2 Å². The van der Waals surface area contributed by atoms with Gasteiger partial charge in [0.25, 0.3) is 0 Å². The molecule has 0 radical (unpaired) electrons. The first-order chi connectivity index (χ1) is 11.0. The molecule has 1 N–H and O–H groups in total. The van der Waals surface area contributed by atoms with E-state index in [-0.39, 0.29) is 30.4 Å². The minimum atomic E-state index is -4.43. The highest BCUT2D eigenvalue weighted by Gasteiger charge is 2.39. The van der Waals surface area contributed by atoms with Crippen LogP contribution in [-0.2, 0) is 16.0 Å². The highest BCUT2D eigenvalue weighted by atomic mass is 32.2. The van der Waals surface area contributed by atoms with Crippen molar-refractivity contribution in [3.63, 3.8) is 0 Å². The minimum absolute atomic E-state index is 0.0185. The van der Waals surface area contributed by atoms with Gasteiger partial charge in [-0.3, -0.25) is 0 Å². The van der Waals surface area contributed by atoms with Crippen molar-refractivity contribution in [1.29, 1.82) is 0 Å². The van der Waals surface area contributed by atoms with Crippen LogP contribution in [0.2, 0.25) is 0 Å². The maximum absolute atomic E-state index is 12.5. The Morgan fingerprint density at radius 1 is 1.25 bits per heavy atom. The first-order valence-corrected chi connectivity index (χ1v) is 9.15. The fraction of sp³-hybridized carbons (Fsp3) is 0.533. The zero-order valence-corrected chi connectivity index (χ0v) is 14.1. The Hall–Kier alpha value is -1.77. The highest BCUT2D eigenvalue weighted by Crippen LogP contribution is 2.30. The van der Waals surface area contributed by atoms with Gasteiger partial charge in [0.1, 0.15) is 0 Å². The molecule has 24 heavy (non-hydrogen) atoms. The van der Waals surface area contributed by atoms with Gasteiger partial charge < -0.3 is 10.2 Å². The largest absolute Gasteiger partial charge is 0.416 e. The van der Waals surface area contributed by atoms with E-state index in [2.05, 4.69) is 5.32 Å². The second-order valence-corrected chi connectivity index (χ2v) is 8.58. The first kappa shape index (κ1) is 18.6. The molecule has 1 saturated heterocycles. The molecule has 1 aliphatic rings. The van der Waals surface area contributed by atoms with Crippen LogP contribution < -0.4 is 5.32 Å². The number of nitrogens with zero attached hydrogens (tertiary/aromatic N) is 1. The molecule has 0 atom stereocenters. The molecule has 0 bridgehead atoms. The molecule has 2 rings (SSSR count). The quantitative estimate of drug-likeness (QED) is 0.893. The average Bonchev–Trinajstić information content (AvgIpc) is 2.34. The fourth-order valence-corrected chi connectivity index (χ4v) is 4.39. The highest BCUT2D eigenvalue weighted by molar-refractivity contribution is 7.92. The summed E-state index contributed by atoms with van der Waals surface area (Å²) in [5.41, 5.74) is -0.578. The number of sulfone groups is 1. The van der Waals surface area contributed by atoms with Crippen molar-refractivity contribution < 1.29 is 26.4 Å². The molecule has 0 unspecified atom stereocenters. The van der Waals surface area contributed by atoms with Gasteiger partial charge in [-0.05, 0) is 30.2 Å². The van der Waals surface area contributed by atoms with E-state index in [0.29, 0.717) is 0 Å². The van der Waals surface area contributed by atoms with E-state index < -0.39 is 32.9 Å². The number of likely N-dealkylation sites (tertiary alicyclic amines) is 1. The van der Waals surface area contributed by atoms with Gasteiger partial charge in [-0.25, -0.2) is 13.2 Å². The van der Waals surface area contributed by atoms with Gasteiger partial charge in [0.15, 0.2) is 9.84 Å². The van der Waals surface area contributed by atoms with Crippen molar-refractivity contribution in [3.8, 4) is 0 Å². The van der Waals surface area contributed by atoms with Crippen LogP contribution in [0.1, 0.15) is 19.4 Å². The van der Waals surface area contributed by atoms with Gasteiger partial charge in [0.05, 0.1) is 16.6 Å². The van der Waals surface area contributed by atoms with Gasteiger partial charge in [0.2, 0.25) is 0 Å². The third-order valence-corrected chi connectivity index (χ3v) is 6.12. The molecule has 1 aromatic carbocycles. The lowest BCUT2D eigenvalue weighted by Gasteiger charge is -2.38. The summed E-state index contributed by atoms with van der Waals surface area (Å²) in [5.74, 6) is 0.0940. The number of urea groups is 1. The molecule has 1 aromatic rings. The molecule has 0 saturated carbocycles. The zero-order chi connectivity index (χ0) is 18.1. The van der Waals surface area contributed by atoms with Crippen molar-refractivity contribution in [2.45, 2.75) is 25.3 Å². The summed E-state index contributed by atoms with van der Waals surface area (Å²) in [5, 5.41) is 1.89. The summed E-state index contributed by atoms with van der Waals surface area (Å²) < 4.78 is 61.4. The lowest BCUT2D eigenvalue weighted by molar-refractivity contribution is -0.137. The van der Waals surface area contributed by atoms with Crippen LogP contribution in [-0.4, -0.2) is 43.4 Å². The van der Waals surface area contributed by atoms with Gasteiger partial charge in [-0.1, -0.05) is 13.8 Å². The Bertz CT molecular complexity index is 694. The Morgan fingerprint density at radius 3 is 2.25 bits per heavy atom. The number of nitrogens with one attached hydrogen (secondary N) is 1. The standard InChI is InChI=1S/C15H19F3N2O3S/c1-10(2)9-24(22,23)13-7-20(8-13)14(21)19-12-5-3-11(4-6-12)15(16,17)18/h3-6,10,13H,7-9H2,1-2H3,(H,19,21). The number of hydrogen-bond donors (Lipinski definition) is 1. The lowest BCUT2D eigenvalue weighted by Crippen LogP contribution is -2.58. The Labute approximate surface area is 138 Å². The number of benzene rings is 1. The summed E-state index contributed by atoms with van der Waals surface area (Å²) in [6, 6.07) is 3.55. The normalized spacial score (nSPS) is 16.2. The van der Waals surface area contributed by atoms with Crippen LogP contribution in [0.15, 0.2) is 24.3 Å². The number of rotatable bonds is 4. The summed E-state index contributed by atoms with van der Waals surface area (Å²) >= 11 is 0. The molecule has 1 fully saturated rings. The summed E-state index contributed by atoms with van der Waals surface area (Å²) in [6.45, 7) is 3.82. The van der Waals surface area contributed by atoms with Crippen LogP contribution in [0.5, 0.6) is 0 Å². The van der Waals surface area contributed by atoms with E-state index in [1.165, 1.54) is 4.90 Å². The van der Waals surface area contributed by atoms with Crippen molar-refractivity contribution in [2.75, 3.05) is 24.2 Å². The van der Waals surface area contributed by atoms with Crippen LogP contribution >= 0.6 is 0 Å². The third kappa shape index (κ3) is 4.40. The van der Waals surface area contributed by atoms with Crippen molar-refractivity contribution >= 4 is 21.6 Å². The third-order valence-electron chi connectivity index (χ3n) is 3.67. The second-order valence-electron chi connectivity index (χ2n) is 6.26. The molecule has 0 aromatic heterocycles. The first-order valence-electron chi connectivity index (χ1n) is 7.44. The predicted octanol–water partition coefficient (Wildman–Crippen LogP) is 2.99. The molecule has 0 spiro atoms. The number of alkyl halides is 3. The molecule has 1 aliphatic heterocycles. The van der Waals surface area contributed by atoms with Gasteiger partial charge in [-0.15, -0.1) is 0 Å². The topological polar surface area (TPSA) is 66.5 Å². The Kier molecular flexibility index (Phi) is 5.12. The van der Waals surface area contributed by atoms with Gasteiger partial charge >= 0.3 is 12.2 Å². The molecule has 9 heteroatoms. The maximum atomic E-state index is 12.5. The van der Waals surface area contributed by atoms with E-state index in [4.69, 9.17) is 0 Å². The molecule has 1 heterocycles. The summed E-state index contributed by atoms with van der Waals surface area (Å²) in [6.07, 6.45) is -4.43. The van der Waals surface area contributed by atoms with Crippen LogP contribution in [0, 0.1) is 5.92 Å². The van der Waals surface area contributed by atoms with Crippen LogP contribution in [0.3, 0.4) is 0 Å². The predicted molar refractivity (Wildman–Crippen MR) is 84.4 cm³/mol.